The molecule has 0 spiro atoms. The van der Waals surface area contributed by atoms with Crippen molar-refractivity contribution in [3.05, 3.63) is 0 Å². The van der Waals surface area contributed by atoms with Crippen LogP contribution in [0.3, 0.4) is 0 Å². The third kappa shape index (κ3) is 3.77. The number of carbonyl (C=O) groups is 1. The van der Waals surface area contributed by atoms with Crippen LogP contribution in [-0.2, 0) is 4.79 Å². The van der Waals surface area contributed by atoms with Crippen LogP contribution in [0.25, 0.3) is 0 Å². The van der Waals surface area contributed by atoms with Gasteiger partial charge in [-0.3, -0.25) is 9.69 Å². The molecule has 0 saturated carbocycles. The first-order valence-electron chi connectivity index (χ1n) is 5.58. The van der Waals surface area contributed by atoms with E-state index in [1.807, 2.05) is 0 Å². The van der Waals surface area contributed by atoms with Crippen LogP contribution in [0.1, 0.15) is 19.8 Å². The van der Waals surface area contributed by atoms with Gasteiger partial charge in [-0.2, -0.15) is 0 Å². The predicted molar refractivity (Wildman–Crippen MR) is 58.7 cm³/mol. The van der Waals surface area contributed by atoms with Gasteiger partial charge in [0.1, 0.15) is 6.04 Å². The molecule has 1 heterocycles. The summed E-state index contributed by atoms with van der Waals surface area (Å²) in [5.74, 6) is -0.914. The summed E-state index contributed by atoms with van der Waals surface area (Å²) < 4.78 is 0. The topological polar surface area (TPSA) is 78.6 Å². The van der Waals surface area contributed by atoms with E-state index in [1.54, 1.807) is 0 Å². The number of likely N-dealkylation sites (N-methyl/N-ethyl adjacent to an activating group) is 1. The van der Waals surface area contributed by atoms with Crippen molar-refractivity contribution in [3.8, 4) is 0 Å². The minimum Gasteiger partial charge on any atom is -0.480 e. The molecule has 4 N–H and O–H groups in total. The molecule has 88 valence electrons. The molecule has 0 aromatic rings. The average Bonchev–Trinajstić information content (AvgIpc) is 2.26. The fraction of sp³-hybridized carbons (Fsp3) is 0.900. The van der Waals surface area contributed by atoms with Crippen molar-refractivity contribution >= 4 is 5.97 Å². The zero-order valence-corrected chi connectivity index (χ0v) is 9.28. The second-order valence-electron chi connectivity index (χ2n) is 4.01. The summed E-state index contributed by atoms with van der Waals surface area (Å²) in [4.78, 5) is 12.8. The maximum Gasteiger partial charge on any atom is 0.321 e. The van der Waals surface area contributed by atoms with Crippen LogP contribution in [0.5, 0.6) is 0 Å². The summed E-state index contributed by atoms with van der Waals surface area (Å²) >= 11 is 0. The number of hydrogen-bond acceptors (Lipinski definition) is 4. The number of carboxylic acids is 1. The summed E-state index contributed by atoms with van der Waals surface area (Å²) in [7, 11) is 0. The number of aliphatic carboxylic acids is 1. The molecule has 0 amide bonds. The minimum absolute atomic E-state index is 0.455. The monoisotopic (exact) mass is 215 g/mol. The van der Waals surface area contributed by atoms with Gasteiger partial charge in [0.15, 0.2) is 0 Å². The fourth-order valence-corrected chi connectivity index (χ4v) is 2.04. The highest BCUT2D eigenvalue weighted by molar-refractivity contribution is 5.73. The first kappa shape index (κ1) is 12.4. The molecule has 0 bridgehead atoms. The predicted octanol–water partition coefficient (Wildman–Crippen LogP) is -0.528. The van der Waals surface area contributed by atoms with Gasteiger partial charge >= 0.3 is 5.97 Å². The van der Waals surface area contributed by atoms with E-state index in [-0.39, 0.29) is 0 Å². The molecule has 1 saturated heterocycles. The molecular formula is C10H21N3O2. The molecule has 1 atom stereocenters. The molecular weight excluding hydrogens is 194 g/mol. The highest BCUT2D eigenvalue weighted by Crippen LogP contribution is 2.11. The lowest BCUT2D eigenvalue weighted by Gasteiger charge is -2.34. The molecule has 1 unspecified atom stereocenters. The second-order valence-corrected chi connectivity index (χ2v) is 4.01. The third-order valence-electron chi connectivity index (χ3n) is 2.98. The van der Waals surface area contributed by atoms with Gasteiger partial charge in [-0.05, 0) is 32.5 Å². The lowest BCUT2D eigenvalue weighted by molar-refractivity contribution is -0.139. The largest absolute Gasteiger partial charge is 0.480 e. The van der Waals surface area contributed by atoms with Gasteiger partial charge in [0.25, 0.3) is 0 Å². The van der Waals surface area contributed by atoms with E-state index >= 15 is 0 Å². The molecule has 1 aliphatic rings. The van der Waals surface area contributed by atoms with Gasteiger partial charge in [0.2, 0.25) is 0 Å². The van der Waals surface area contributed by atoms with Crippen molar-refractivity contribution < 1.29 is 9.90 Å². The quantitative estimate of drug-likeness (QED) is 0.575. The highest BCUT2D eigenvalue weighted by atomic mass is 16.4. The van der Waals surface area contributed by atoms with Crippen molar-refractivity contribution in [2.75, 3.05) is 26.2 Å². The van der Waals surface area contributed by atoms with E-state index in [0.717, 1.165) is 32.5 Å². The van der Waals surface area contributed by atoms with E-state index in [1.165, 1.54) is 0 Å². The summed E-state index contributed by atoms with van der Waals surface area (Å²) in [5.41, 5.74) is 5.54. The van der Waals surface area contributed by atoms with Crippen LogP contribution in [0.4, 0.5) is 0 Å². The molecule has 1 rings (SSSR count). The van der Waals surface area contributed by atoms with E-state index < -0.39 is 12.0 Å². The summed E-state index contributed by atoms with van der Waals surface area (Å²) in [5, 5.41) is 12.1. The Bertz CT molecular complexity index is 205. The Labute approximate surface area is 90.6 Å². The fourth-order valence-electron chi connectivity index (χ4n) is 2.04. The SMILES string of the molecule is CCN(CC(N)C(=O)O)C1CCNCC1. The summed E-state index contributed by atoms with van der Waals surface area (Å²) in [6, 6.07) is -0.276. The van der Waals surface area contributed by atoms with E-state index in [4.69, 9.17) is 10.8 Å². The van der Waals surface area contributed by atoms with Crippen molar-refractivity contribution in [1.29, 1.82) is 0 Å². The average molecular weight is 215 g/mol. The molecule has 0 aromatic carbocycles. The standard InChI is InChI=1S/C10H21N3O2/c1-2-13(7-9(11)10(14)15)8-3-5-12-6-4-8/h8-9,12H,2-7,11H2,1H3,(H,14,15). The maximum atomic E-state index is 10.7. The molecule has 1 aliphatic heterocycles. The first-order chi connectivity index (χ1) is 7.15. The molecule has 0 aromatic heterocycles. The van der Waals surface area contributed by atoms with Crippen LogP contribution >= 0.6 is 0 Å². The Kier molecular flexibility index (Phi) is 5.01. The zero-order valence-electron chi connectivity index (χ0n) is 9.28. The highest BCUT2D eigenvalue weighted by Gasteiger charge is 2.23. The van der Waals surface area contributed by atoms with Gasteiger partial charge in [0.05, 0.1) is 0 Å². The van der Waals surface area contributed by atoms with Crippen LogP contribution < -0.4 is 11.1 Å². The van der Waals surface area contributed by atoms with Crippen molar-refractivity contribution in [2.45, 2.75) is 31.8 Å². The molecule has 5 nitrogen and oxygen atoms in total. The van der Waals surface area contributed by atoms with Crippen LogP contribution in [-0.4, -0.2) is 54.2 Å². The van der Waals surface area contributed by atoms with Gasteiger partial charge in [-0.1, -0.05) is 6.92 Å². The lowest BCUT2D eigenvalue weighted by Crippen LogP contribution is -2.49. The van der Waals surface area contributed by atoms with Crippen LogP contribution in [0, 0.1) is 0 Å². The number of piperidine rings is 1. The Hall–Kier alpha value is -0.650. The number of nitrogens with one attached hydrogen (secondary N) is 1. The van der Waals surface area contributed by atoms with Gasteiger partial charge in [-0.25, -0.2) is 0 Å². The number of hydrogen-bond donors (Lipinski definition) is 3. The summed E-state index contributed by atoms with van der Waals surface area (Å²) in [6.07, 6.45) is 2.17. The van der Waals surface area contributed by atoms with Gasteiger partial charge in [0, 0.05) is 12.6 Å². The lowest BCUT2D eigenvalue weighted by atomic mass is 10.0. The molecule has 0 radical (unpaired) electrons. The Balaban J connectivity index is 2.43. The molecule has 5 heteroatoms. The second kappa shape index (κ2) is 6.05. The van der Waals surface area contributed by atoms with E-state index in [9.17, 15) is 4.79 Å². The Morgan fingerprint density at radius 3 is 2.67 bits per heavy atom. The first-order valence-corrected chi connectivity index (χ1v) is 5.58. The van der Waals surface area contributed by atoms with Crippen molar-refractivity contribution in [3.63, 3.8) is 0 Å². The number of nitrogens with zero attached hydrogens (tertiary/aromatic N) is 1. The van der Waals surface area contributed by atoms with E-state index in [2.05, 4.69) is 17.1 Å². The number of rotatable bonds is 5. The van der Waals surface area contributed by atoms with Gasteiger partial charge < -0.3 is 16.2 Å². The number of carboxylic acid groups (broad SMARTS) is 1. The summed E-state index contributed by atoms with van der Waals surface area (Å²) in [6.45, 7) is 5.41. The number of nitrogens with two attached hydrogens (primary N) is 1. The van der Waals surface area contributed by atoms with Crippen LogP contribution in [0.15, 0.2) is 0 Å². The molecule has 0 aliphatic carbocycles. The molecule has 15 heavy (non-hydrogen) atoms. The Morgan fingerprint density at radius 1 is 1.60 bits per heavy atom. The smallest absolute Gasteiger partial charge is 0.321 e. The molecule has 1 fully saturated rings. The van der Waals surface area contributed by atoms with E-state index in [0.29, 0.717) is 12.6 Å². The van der Waals surface area contributed by atoms with Gasteiger partial charge in [-0.15, -0.1) is 0 Å². The normalized spacial score (nSPS) is 20.5. The minimum atomic E-state index is -0.914. The Morgan fingerprint density at radius 2 is 2.20 bits per heavy atom. The third-order valence-corrected chi connectivity index (χ3v) is 2.98. The van der Waals surface area contributed by atoms with Crippen LogP contribution in [0.2, 0.25) is 0 Å². The van der Waals surface area contributed by atoms with Crippen molar-refractivity contribution in [2.24, 2.45) is 5.73 Å². The van der Waals surface area contributed by atoms with Crippen molar-refractivity contribution in [1.82, 2.24) is 10.2 Å². The maximum absolute atomic E-state index is 10.7. The zero-order chi connectivity index (χ0) is 11.3.